The van der Waals surface area contributed by atoms with Gasteiger partial charge in [0.2, 0.25) is 10.0 Å². The first kappa shape index (κ1) is 17.7. The molecule has 132 valence electrons. The molecule has 3 aromatic rings. The highest BCUT2D eigenvalue weighted by Gasteiger charge is 2.08. The number of aryl methyl sites for hydroxylation is 1. The van der Waals surface area contributed by atoms with Gasteiger partial charge in [0, 0.05) is 19.2 Å². The number of hydrogen-bond acceptors (Lipinski definition) is 4. The van der Waals surface area contributed by atoms with Crippen molar-refractivity contribution in [3.63, 3.8) is 0 Å². The van der Waals surface area contributed by atoms with Crippen molar-refractivity contribution >= 4 is 15.8 Å². The fraction of sp³-hybridized carbons (Fsp3) is 0.105. The Morgan fingerprint density at radius 3 is 2.62 bits per heavy atom. The Balaban J connectivity index is 1.83. The topological polar surface area (TPSA) is 90.0 Å². The first-order chi connectivity index (χ1) is 12.4. The summed E-state index contributed by atoms with van der Waals surface area (Å²) in [5.74, 6) is 6.79. The maximum absolute atomic E-state index is 11.4. The molecule has 26 heavy (non-hydrogen) atoms. The van der Waals surface area contributed by atoms with E-state index >= 15 is 0 Å². The summed E-state index contributed by atoms with van der Waals surface area (Å²) in [5, 5.41) is 12.7. The van der Waals surface area contributed by atoms with Gasteiger partial charge in [-0.25, -0.2) is 13.6 Å². The molecule has 1 heterocycles. The number of rotatable bonds is 4. The zero-order chi connectivity index (χ0) is 18.6. The van der Waals surface area contributed by atoms with Gasteiger partial charge in [-0.15, -0.1) is 0 Å². The van der Waals surface area contributed by atoms with Crippen molar-refractivity contribution in [2.24, 2.45) is 12.2 Å². The largest absolute Gasteiger partial charge is 0.365 e. The predicted octanol–water partition coefficient (Wildman–Crippen LogP) is 2.08. The summed E-state index contributed by atoms with van der Waals surface area (Å²) < 4.78 is 24.6. The van der Waals surface area contributed by atoms with Crippen molar-refractivity contribution in [3.05, 3.63) is 77.5 Å². The zero-order valence-corrected chi connectivity index (χ0v) is 15.0. The van der Waals surface area contributed by atoms with Crippen molar-refractivity contribution in [1.82, 2.24) is 9.78 Å². The second-order valence-corrected chi connectivity index (χ2v) is 7.25. The minimum Gasteiger partial charge on any atom is -0.365 e. The molecule has 7 heteroatoms. The molecule has 0 amide bonds. The lowest BCUT2D eigenvalue weighted by molar-refractivity contribution is 0.598. The quantitative estimate of drug-likeness (QED) is 0.692. The summed E-state index contributed by atoms with van der Waals surface area (Å²) in [5.41, 5.74) is 2.44. The van der Waals surface area contributed by atoms with Gasteiger partial charge in [0.05, 0.1) is 16.7 Å². The first-order valence-electron chi connectivity index (χ1n) is 7.88. The molecule has 0 aliphatic rings. The molecule has 6 nitrogen and oxygen atoms in total. The van der Waals surface area contributed by atoms with Gasteiger partial charge in [0.1, 0.15) is 5.82 Å². The van der Waals surface area contributed by atoms with E-state index in [-0.39, 0.29) is 4.90 Å². The minimum atomic E-state index is -3.75. The smallest absolute Gasteiger partial charge is 0.238 e. The number of anilines is 1. The van der Waals surface area contributed by atoms with E-state index in [1.165, 1.54) is 12.1 Å². The number of benzene rings is 2. The maximum atomic E-state index is 11.4. The molecule has 0 fully saturated rings. The van der Waals surface area contributed by atoms with E-state index in [4.69, 9.17) is 5.14 Å². The van der Waals surface area contributed by atoms with Crippen LogP contribution in [0.2, 0.25) is 0 Å². The van der Waals surface area contributed by atoms with Crippen LogP contribution >= 0.6 is 0 Å². The van der Waals surface area contributed by atoms with Gasteiger partial charge in [-0.1, -0.05) is 48.2 Å². The Morgan fingerprint density at radius 1 is 1.12 bits per heavy atom. The number of sulfonamides is 1. The van der Waals surface area contributed by atoms with Crippen LogP contribution in [0.1, 0.15) is 16.7 Å². The molecule has 0 aliphatic carbocycles. The van der Waals surface area contributed by atoms with Crippen LogP contribution in [-0.4, -0.2) is 18.2 Å². The highest BCUT2D eigenvalue weighted by Crippen LogP contribution is 2.15. The number of nitrogens with zero attached hydrogens (tertiary/aromatic N) is 2. The Labute approximate surface area is 152 Å². The molecule has 0 atom stereocenters. The van der Waals surface area contributed by atoms with Crippen LogP contribution in [0.25, 0.3) is 0 Å². The fourth-order valence-corrected chi connectivity index (χ4v) is 2.97. The van der Waals surface area contributed by atoms with Crippen LogP contribution in [0.5, 0.6) is 0 Å². The van der Waals surface area contributed by atoms with E-state index in [1.54, 1.807) is 23.0 Å². The molecular formula is C19H18N4O2S. The normalized spacial score (nSPS) is 10.8. The second kappa shape index (κ2) is 7.44. The molecule has 3 rings (SSSR count). The molecule has 0 saturated carbocycles. The monoisotopic (exact) mass is 366 g/mol. The molecule has 0 aliphatic heterocycles. The fourth-order valence-electron chi connectivity index (χ4n) is 2.41. The van der Waals surface area contributed by atoms with Gasteiger partial charge < -0.3 is 5.32 Å². The van der Waals surface area contributed by atoms with Gasteiger partial charge in [-0.05, 0) is 23.8 Å². The summed E-state index contributed by atoms with van der Waals surface area (Å²) in [6.45, 7) is 0.649. The third-order valence-electron chi connectivity index (χ3n) is 3.75. The van der Waals surface area contributed by atoms with Crippen molar-refractivity contribution in [2.45, 2.75) is 11.4 Å². The molecule has 0 radical (unpaired) electrons. The third kappa shape index (κ3) is 4.30. The van der Waals surface area contributed by atoms with E-state index in [2.05, 4.69) is 22.3 Å². The number of primary sulfonamides is 1. The molecular weight excluding hydrogens is 348 g/mol. The van der Waals surface area contributed by atoms with Crippen molar-refractivity contribution in [1.29, 1.82) is 0 Å². The third-order valence-corrected chi connectivity index (χ3v) is 4.66. The standard InChI is InChI=1S/C19H18N4O2S/c1-23-19(21-13-16-6-3-2-4-7-16)17(14-22-23)11-10-15-8-5-9-18(12-15)26(20,24)25/h2-9,12,14,21H,13H2,1H3,(H2,20,24,25). The Morgan fingerprint density at radius 2 is 1.88 bits per heavy atom. The SMILES string of the molecule is Cn1ncc(C#Cc2cccc(S(N)(=O)=O)c2)c1NCc1ccccc1. The average molecular weight is 366 g/mol. The van der Waals surface area contributed by atoms with E-state index in [9.17, 15) is 8.42 Å². The Bertz CT molecular complexity index is 1080. The summed E-state index contributed by atoms with van der Waals surface area (Å²) >= 11 is 0. The number of aromatic nitrogens is 2. The van der Waals surface area contributed by atoms with Crippen LogP contribution in [0.3, 0.4) is 0 Å². The molecule has 0 unspecified atom stereocenters. The number of hydrogen-bond donors (Lipinski definition) is 2. The highest BCUT2D eigenvalue weighted by atomic mass is 32.2. The Hall–Kier alpha value is -3.08. The van der Waals surface area contributed by atoms with Crippen LogP contribution in [-0.2, 0) is 23.6 Å². The minimum absolute atomic E-state index is 0.0397. The molecule has 1 aromatic heterocycles. The van der Waals surface area contributed by atoms with Gasteiger partial charge in [0.15, 0.2) is 0 Å². The highest BCUT2D eigenvalue weighted by molar-refractivity contribution is 7.89. The number of nitrogens with two attached hydrogens (primary N) is 1. The van der Waals surface area contributed by atoms with Crippen LogP contribution in [0.4, 0.5) is 5.82 Å². The van der Waals surface area contributed by atoms with Crippen molar-refractivity contribution in [2.75, 3.05) is 5.32 Å². The summed E-state index contributed by atoms with van der Waals surface area (Å²) in [4.78, 5) is 0.0397. The zero-order valence-electron chi connectivity index (χ0n) is 14.2. The van der Waals surface area contributed by atoms with E-state index < -0.39 is 10.0 Å². The molecule has 0 saturated heterocycles. The lowest BCUT2D eigenvalue weighted by Crippen LogP contribution is -2.11. The van der Waals surface area contributed by atoms with Crippen molar-refractivity contribution < 1.29 is 8.42 Å². The lowest BCUT2D eigenvalue weighted by atomic mass is 10.2. The number of nitrogens with one attached hydrogen (secondary N) is 1. The van der Waals surface area contributed by atoms with Gasteiger partial charge >= 0.3 is 0 Å². The second-order valence-electron chi connectivity index (χ2n) is 5.69. The first-order valence-corrected chi connectivity index (χ1v) is 9.43. The van der Waals surface area contributed by atoms with Crippen LogP contribution < -0.4 is 10.5 Å². The van der Waals surface area contributed by atoms with Crippen molar-refractivity contribution in [3.8, 4) is 11.8 Å². The Kier molecular flexibility index (Phi) is 5.07. The molecule has 0 bridgehead atoms. The van der Waals surface area contributed by atoms with E-state index in [1.807, 2.05) is 37.4 Å². The summed E-state index contributed by atoms with van der Waals surface area (Å²) in [6.07, 6.45) is 1.67. The predicted molar refractivity (Wildman–Crippen MR) is 101 cm³/mol. The van der Waals surface area contributed by atoms with Gasteiger partial charge in [-0.2, -0.15) is 5.10 Å². The summed E-state index contributed by atoms with van der Waals surface area (Å²) in [7, 11) is -1.91. The molecule has 2 aromatic carbocycles. The van der Waals surface area contributed by atoms with Gasteiger partial charge in [-0.3, -0.25) is 4.68 Å². The lowest BCUT2D eigenvalue weighted by Gasteiger charge is -2.07. The maximum Gasteiger partial charge on any atom is 0.238 e. The van der Waals surface area contributed by atoms with Crippen LogP contribution in [0.15, 0.2) is 65.7 Å². The molecule has 0 spiro atoms. The van der Waals surface area contributed by atoms with Crippen LogP contribution in [0, 0.1) is 11.8 Å². The average Bonchev–Trinajstić information content (AvgIpc) is 2.98. The molecule has 3 N–H and O–H groups in total. The van der Waals surface area contributed by atoms with E-state index in [0.717, 1.165) is 16.9 Å². The van der Waals surface area contributed by atoms with Gasteiger partial charge in [0.25, 0.3) is 0 Å². The summed E-state index contributed by atoms with van der Waals surface area (Å²) in [6, 6.07) is 16.3. The van der Waals surface area contributed by atoms with E-state index in [0.29, 0.717) is 12.1 Å².